The smallest absolute Gasteiger partial charge is 0.413 e. The summed E-state index contributed by atoms with van der Waals surface area (Å²) in [5, 5.41) is 6.20. The van der Waals surface area contributed by atoms with Crippen LogP contribution >= 0.6 is 27.5 Å². The molecule has 0 spiro atoms. The normalized spacial score (nSPS) is 17.0. The Morgan fingerprint density at radius 2 is 1.75 bits per heavy atom. The van der Waals surface area contributed by atoms with Crippen molar-refractivity contribution in [3.05, 3.63) is 39.8 Å². The number of hydrogen-bond donors (Lipinski definition) is 3. The molecule has 3 heterocycles. The fourth-order valence-corrected chi connectivity index (χ4v) is 5.94. The number of benzene rings is 1. The van der Waals surface area contributed by atoms with Crippen LogP contribution in [0.3, 0.4) is 0 Å². The highest BCUT2D eigenvalue weighted by Crippen LogP contribution is 2.38. The molecule has 2 aromatic heterocycles. The predicted molar refractivity (Wildman–Crippen MR) is 171 cm³/mol. The third-order valence-electron chi connectivity index (χ3n) is 6.80. The Morgan fingerprint density at radius 3 is 2.41 bits per heavy atom. The van der Waals surface area contributed by atoms with Crippen LogP contribution in [0.25, 0.3) is 11.2 Å². The Morgan fingerprint density at radius 1 is 1.07 bits per heavy atom. The Balaban J connectivity index is 1.63. The molecule has 1 fully saturated rings. The van der Waals surface area contributed by atoms with Crippen molar-refractivity contribution in [1.82, 2.24) is 24.8 Å². The number of aromatic nitrogens is 4. The molecule has 0 radical (unpaired) electrons. The summed E-state index contributed by atoms with van der Waals surface area (Å²) in [7, 11) is 0. The molecule has 3 aromatic rings. The van der Waals surface area contributed by atoms with E-state index in [1.54, 1.807) is 53.9 Å². The lowest BCUT2D eigenvalue weighted by molar-refractivity contribution is -0.118. The second-order valence-corrected chi connectivity index (χ2v) is 14.1. The number of rotatable bonds is 8. The maximum Gasteiger partial charge on any atom is 0.413 e. The molecule has 4 N–H and O–H groups in total. The van der Waals surface area contributed by atoms with Gasteiger partial charge < -0.3 is 30.0 Å². The van der Waals surface area contributed by atoms with Crippen LogP contribution in [0.5, 0.6) is 0 Å². The number of fused-ring (bicyclic) bond motifs is 1. The first-order valence-corrected chi connectivity index (χ1v) is 15.3. The van der Waals surface area contributed by atoms with E-state index < -0.39 is 34.8 Å². The van der Waals surface area contributed by atoms with E-state index in [2.05, 4.69) is 46.4 Å². The van der Waals surface area contributed by atoms with Crippen molar-refractivity contribution in [1.29, 1.82) is 0 Å². The Kier molecular flexibility index (Phi) is 9.64. The average Bonchev–Trinajstić information content (AvgIpc) is 3.47. The number of hydrogen-bond acceptors (Lipinski definition) is 9. The summed E-state index contributed by atoms with van der Waals surface area (Å²) in [4.78, 5) is 52.1. The molecular weight excluding hydrogens is 656 g/mol. The van der Waals surface area contributed by atoms with E-state index in [1.165, 1.54) is 6.33 Å². The summed E-state index contributed by atoms with van der Waals surface area (Å²) in [6.07, 6.45) is 2.78. The van der Waals surface area contributed by atoms with Crippen molar-refractivity contribution < 1.29 is 23.9 Å². The molecule has 0 aliphatic carbocycles. The molecule has 4 rings (SSSR count). The summed E-state index contributed by atoms with van der Waals surface area (Å²) in [6, 6.07) is 3.67. The zero-order valence-electron chi connectivity index (χ0n) is 25.7. The van der Waals surface area contributed by atoms with Gasteiger partial charge in [-0.15, -0.1) is 0 Å². The van der Waals surface area contributed by atoms with Crippen LogP contribution in [0.15, 0.2) is 29.3 Å². The van der Waals surface area contributed by atoms with E-state index in [1.807, 2.05) is 10.6 Å². The monoisotopic (exact) mass is 692 g/mol. The van der Waals surface area contributed by atoms with E-state index in [4.69, 9.17) is 26.8 Å². The first kappa shape index (κ1) is 33.2. The molecule has 1 aliphatic rings. The summed E-state index contributed by atoms with van der Waals surface area (Å²) in [6.45, 7) is 12.0. The number of halogens is 2. The number of imidazole rings is 1. The summed E-state index contributed by atoms with van der Waals surface area (Å²) in [5.41, 5.74) is 6.00. The van der Waals surface area contributed by atoms with E-state index in [9.17, 15) is 14.4 Å². The number of carbonyl (C=O) groups is 3. The molecule has 1 atom stereocenters. The number of anilines is 2. The van der Waals surface area contributed by atoms with Gasteiger partial charge in [0, 0.05) is 40.3 Å². The van der Waals surface area contributed by atoms with E-state index in [-0.39, 0.29) is 12.2 Å². The van der Waals surface area contributed by atoms with Crippen molar-refractivity contribution in [3.8, 4) is 0 Å². The minimum Gasteiger partial charge on any atom is -0.444 e. The number of alkyl carbamates (subject to hydrolysis) is 1. The van der Waals surface area contributed by atoms with Crippen LogP contribution in [0.1, 0.15) is 66.4 Å². The average molecular weight is 694 g/mol. The Bertz CT molecular complexity index is 1570. The molecule has 1 unspecified atom stereocenters. The van der Waals surface area contributed by atoms with E-state index in [0.717, 1.165) is 15.7 Å². The zero-order valence-corrected chi connectivity index (χ0v) is 28.0. The lowest BCUT2D eigenvalue weighted by Crippen LogP contribution is -2.52. The fourth-order valence-electron chi connectivity index (χ4n) is 5.02. The maximum atomic E-state index is 12.8. The molecule has 1 aliphatic heterocycles. The third kappa shape index (κ3) is 8.50. The van der Waals surface area contributed by atoms with Gasteiger partial charge >= 0.3 is 12.2 Å². The first-order chi connectivity index (χ1) is 20.4. The molecule has 0 saturated carbocycles. The van der Waals surface area contributed by atoms with Gasteiger partial charge in [-0.1, -0.05) is 27.5 Å². The molecule has 1 aromatic carbocycles. The van der Waals surface area contributed by atoms with Crippen LogP contribution in [-0.2, 0) is 20.8 Å². The molecule has 3 amide bonds. The SMILES string of the molecule is CC(C)(C)OC(=O)Nc1ncnc2c1ncn2Cc1c(Br)cc(Cl)cc1N1CCC(CCC(N)=O)(NC(=O)OC(C)(C)C)C1. The zero-order chi connectivity index (χ0) is 32.4. The molecular formula is C29H38BrClN8O5. The topological polar surface area (TPSA) is 167 Å². The van der Waals surface area contributed by atoms with Crippen LogP contribution in [0.4, 0.5) is 21.1 Å². The molecule has 15 heteroatoms. The number of nitrogens with zero attached hydrogens (tertiary/aromatic N) is 5. The van der Waals surface area contributed by atoms with Crippen LogP contribution in [-0.4, -0.2) is 67.4 Å². The van der Waals surface area contributed by atoms with Gasteiger partial charge in [0.25, 0.3) is 0 Å². The Labute approximate surface area is 269 Å². The highest BCUT2D eigenvalue weighted by molar-refractivity contribution is 9.10. The standard InChI is InChI=1S/C29H38BrClN8O5/c1-27(2,3)43-25(41)36-23-22-24(34-15-33-23)39(16-35-22)13-18-19(30)11-17(31)12-20(18)38-10-9-29(14-38,8-7-21(32)40)37-26(42)44-28(4,5)6/h11-12,15-16H,7-10,13-14H2,1-6H3,(H2,32,40)(H,37,42)(H,33,34,36,41). The number of carbonyl (C=O) groups excluding carboxylic acids is 3. The molecule has 0 bridgehead atoms. The Hall–Kier alpha value is -3.65. The van der Waals surface area contributed by atoms with Crippen LogP contribution in [0.2, 0.25) is 5.02 Å². The molecule has 238 valence electrons. The maximum absolute atomic E-state index is 12.8. The van der Waals surface area contributed by atoms with Gasteiger partial charge in [0.05, 0.1) is 18.4 Å². The lowest BCUT2D eigenvalue weighted by atomic mass is 9.92. The number of amides is 3. The molecule has 44 heavy (non-hydrogen) atoms. The predicted octanol–water partition coefficient (Wildman–Crippen LogP) is 5.38. The van der Waals surface area contributed by atoms with Gasteiger partial charge in [-0.3, -0.25) is 10.1 Å². The first-order valence-electron chi connectivity index (χ1n) is 14.1. The minimum atomic E-state index is -0.749. The number of nitrogens with two attached hydrogens (primary N) is 1. The molecule has 13 nitrogen and oxygen atoms in total. The van der Waals surface area contributed by atoms with Crippen molar-refractivity contribution in [3.63, 3.8) is 0 Å². The van der Waals surface area contributed by atoms with Crippen LogP contribution < -0.4 is 21.3 Å². The number of nitrogens with one attached hydrogen (secondary N) is 2. The summed E-state index contributed by atoms with van der Waals surface area (Å²) < 4.78 is 13.5. The summed E-state index contributed by atoms with van der Waals surface area (Å²) in [5.74, 6) is -0.222. The van der Waals surface area contributed by atoms with Gasteiger partial charge in [0.15, 0.2) is 17.0 Å². The molecule has 1 saturated heterocycles. The summed E-state index contributed by atoms with van der Waals surface area (Å²) >= 11 is 10.2. The van der Waals surface area contributed by atoms with Crippen molar-refractivity contribution in [2.45, 2.75) is 84.1 Å². The number of ether oxygens (including phenoxy) is 2. The van der Waals surface area contributed by atoms with Gasteiger partial charge in [-0.05, 0) is 66.5 Å². The van der Waals surface area contributed by atoms with Crippen molar-refractivity contribution >= 4 is 68.3 Å². The van der Waals surface area contributed by atoms with Crippen LogP contribution in [0, 0.1) is 0 Å². The largest absolute Gasteiger partial charge is 0.444 e. The second kappa shape index (κ2) is 12.8. The van der Waals surface area contributed by atoms with Gasteiger partial charge in [-0.25, -0.2) is 24.5 Å². The van der Waals surface area contributed by atoms with Gasteiger partial charge in [-0.2, -0.15) is 0 Å². The second-order valence-electron chi connectivity index (χ2n) is 12.8. The highest BCUT2D eigenvalue weighted by atomic mass is 79.9. The van der Waals surface area contributed by atoms with E-state index >= 15 is 0 Å². The lowest BCUT2D eigenvalue weighted by Gasteiger charge is -2.32. The number of primary amides is 1. The fraction of sp³-hybridized carbons (Fsp3) is 0.517. The third-order valence-corrected chi connectivity index (χ3v) is 7.72. The van der Waals surface area contributed by atoms with Crippen molar-refractivity contribution in [2.75, 3.05) is 23.3 Å². The van der Waals surface area contributed by atoms with Crippen molar-refractivity contribution in [2.24, 2.45) is 5.73 Å². The van der Waals surface area contributed by atoms with Gasteiger partial charge in [0.2, 0.25) is 5.91 Å². The van der Waals surface area contributed by atoms with Gasteiger partial charge in [0.1, 0.15) is 17.5 Å². The minimum absolute atomic E-state index is 0.107. The quantitative estimate of drug-likeness (QED) is 0.281. The highest BCUT2D eigenvalue weighted by Gasteiger charge is 2.41. The van der Waals surface area contributed by atoms with E-state index in [0.29, 0.717) is 48.7 Å².